The van der Waals surface area contributed by atoms with Crippen molar-refractivity contribution in [3.05, 3.63) is 28.5 Å². The molecule has 22 heavy (non-hydrogen) atoms. The van der Waals surface area contributed by atoms with Crippen molar-refractivity contribution in [2.45, 2.75) is 52.2 Å². The van der Waals surface area contributed by atoms with Gasteiger partial charge in [-0.15, -0.1) is 0 Å². The van der Waals surface area contributed by atoms with Crippen LogP contribution in [0.3, 0.4) is 0 Å². The molecule has 0 bridgehead atoms. The molecule has 0 aliphatic heterocycles. The van der Waals surface area contributed by atoms with E-state index in [1.165, 1.54) is 0 Å². The van der Waals surface area contributed by atoms with Gasteiger partial charge in [0, 0.05) is 42.0 Å². The maximum atomic E-state index is 12.6. The third-order valence-electron chi connectivity index (χ3n) is 4.68. The Hall–Kier alpha value is -0.940. The highest BCUT2D eigenvalue weighted by Crippen LogP contribution is 2.45. The second kappa shape index (κ2) is 7.09. The normalized spacial score (nSPS) is 23.0. The van der Waals surface area contributed by atoms with Gasteiger partial charge in [-0.2, -0.15) is 0 Å². The van der Waals surface area contributed by atoms with E-state index in [9.17, 15) is 4.79 Å². The maximum Gasteiger partial charge on any atom is 0.255 e. The molecule has 0 radical (unpaired) electrons. The number of amides is 1. The summed E-state index contributed by atoms with van der Waals surface area (Å²) in [6.45, 7) is 7.34. The fourth-order valence-electron chi connectivity index (χ4n) is 3.05. The number of hydrogen-bond donors (Lipinski definition) is 0. The van der Waals surface area contributed by atoms with Crippen LogP contribution in [0.15, 0.2) is 22.9 Å². The Morgan fingerprint density at radius 1 is 1.50 bits per heavy atom. The SMILES string of the molecule is CCCCO[C@H]1C[C@@H](N(C)C(=O)c2cncc(Br)c2)C1(C)C. The van der Waals surface area contributed by atoms with E-state index >= 15 is 0 Å². The molecule has 0 spiro atoms. The molecule has 1 saturated carbocycles. The number of unbranched alkanes of at least 4 members (excludes halogenated alkanes) is 1. The molecule has 0 N–H and O–H groups in total. The first-order valence-electron chi connectivity index (χ1n) is 7.87. The summed E-state index contributed by atoms with van der Waals surface area (Å²) < 4.78 is 6.78. The zero-order valence-electron chi connectivity index (χ0n) is 13.8. The van der Waals surface area contributed by atoms with E-state index in [0.717, 1.165) is 30.3 Å². The summed E-state index contributed by atoms with van der Waals surface area (Å²) in [5, 5.41) is 0. The predicted octanol–water partition coefficient (Wildman–Crippen LogP) is 3.90. The summed E-state index contributed by atoms with van der Waals surface area (Å²) in [5.41, 5.74) is 0.598. The Morgan fingerprint density at radius 3 is 2.82 bits per heavy atom. The molecule has 1 aliphatic rings. The molecule has 5 heteroatoms. The van der Waals surface area contributed by atoms with E-state index in [2.05, 4.69) is 41.7 Å². The lowest BCUT2D eigenvalue weighted by Gasteiger charge is -2.54. The standard InChI is InChI=1S/C17H25BrN2O2/c1-5-6-7-22-15-9-14(17(15,2)3)20(4)16(21)12-8-13(18)11-19-10-12/h8,10-11,14-15H,5-7,9H2,1-4H3/t14-,15+/m1/s1. The Labute approximate surface area is 141 Å². The van der Waals surface area contributed by atoms with Crippen molar-refractivity contribution in [2.75, 3.05) is 13.7 Å². The molecule has 2 rings (SSSR count). The topological polar surface area (TPSA) is 42.4 Å². The van der Waals surface area contributed by atoms with Gasteiger partial charge in [0.05, 0.1) is 11.7 Å². The largest absolute Gasteiger partial charge is 0.378 e. The minimum Gasteiger partial charge on any atom is -0.378 e. The summed E-state index contributed by atoms with van der Waals surface area (Å²) in [4.78, 5) is 18.5. The lowest BCUT2D eigenvalue weighted by molar-refractivity contribution is -0.140. The van der Waals surface area contributed by atoms with Crippen LogP contribution in [-0.4, -0.2) is 41.6 Å². The van der Waals surface area contributed by atoms with Crippen LogP contribution in [0.5, 0.6) is 0 Å². The Kier molecular flexibility index (Phi) is 5.61. The Morgan fingerprint density at radius 2 is 2.23 bits per heavy atom. The first-order valence-corrected chi connectivity index (χ1v) is 8.66. The summed E-state index contributed by atoms with van der Waals surface area (Å²) in [6, 6.07) is 2.01. The van der Waals surface area contributed by atoms with Crippen LogP contribution in [0.25, 0.3) is 0 Å². The minimum absolute atomic E-state index is 0.0129. The van der Waals surface area contributed by atoms with Crippen molar-refractivity contribution in [1.29, 1.82) is 0 Å². The number of hydrogen-bond acceptors (Lipinski definition) is 3. The van der Waals surface area contributed by atoms with Gasteiger partial charge in [0.15, 0.2) is 0 Å². The van der Waals surface area contributed by atoms with Crippen LogP contribution in [0, 0.1) is 5.41 Å². The van der Waals surface area contributed by atoms with Gasteiger partial charge in [0.25, 0.3) is 5.91 Å². The molecule has 122 valence electrons. The van der Waals surface area contributed by atoms with Crippen molar-refractivity contribution < 1.29 is 9.53 Å². The fraction of sp³-hybridized carbons (Fsp3) is 0.647. The van der Waals surface area contributed by atoms with Crippen molar-refractivity contribution in [1.82, 2.24) is 9.88 Å². The smallest absolute Gasteiger partial charge is 0.255 e. The highest BCUT2D eigenvalue weighted by Gasteiger charge is 2.51. The third kappa shape index (κ3) is 3.51. The molecule has 1 aromatic heterocycles. The van der Waals surface area contributed by atoms with Crippen LogP contribution in [0.2, 0.25) is 0 Å². The molecule has 0 saturated heterocycles. The summed E-state index contributed by atoms with van der Waals surface area (Å²) in [7, 11) is 1.87. The van der Waals surface area contributed by atoms with Crippen LogP contribution in [0.4, 0.5) is 0 Å². The molecule has 1 aliphatic carbocycles. The Balaban J connectivity index is 1.99. The predicted molar refractivity (Wildman–Crippen MR) is 90.9 cm³/mol. The van der Waals surface area contributed by atoms with E-state index in [1.807, 2.05) is 18.0 Å². The number of pyridine rings is 1. The lowest BCUT2D eigenvalue weighted by Crippen LogP contribution is -2.62. The molecule has 0 aromatic carbocycles. The van der Waals surface area contributed by atoms with Crippen molar-refractivity contribution in [3.63, 3.8) is 0 Å². The van der Waals surface area contributed by atoms with Gasteiger partial charge in [0.1, 0.15) is 0 Å². The van der Waals surface area contributed by atoms with Crippen molar-refractivity contribution in [2.24, 2.45) is 5.41 Å². The van der Waals surface area contributed by atoms with Gasteiger partial charge in [-0.25, -0.2) is 0 Å². The van der Waals surface area contributed by atoms with Crippen LogP contribution < -0.4 is 0 Å². The zero-order chi connectivity index (χ0) is 16.3. The molecular formula is C17H25BrN2O2. The number of halogens is 1. The number of carbonyl (C=O) groups is 1. The second-order valence-corrected chi connectivity index (χ2v) is 7.51. The number of carbonyl (C=O) groups excluding carboxylic acids is 1. The Bertz CT molecular complexity index is 533. The first kappa shape index (κ1) is 17.4. The van der Waals surface area contributed by atoms with Gasteiger partial charge in [0.2, 0.25) is 0 Å². The van der Waals surface area contributed by atoms with E-state index in [-0.39, 0.29) is 23.5 Å². The number of aromatic nitrogens is 1. The maximum absolute atomic E-state index is 12.6. The highest BCUT2D eigenvalue weighted by atomic mass is 79.9. The van der Waals surface area contributed by atoms with Gasteiger partial charge in [-0.1, -0.05) is 27.2 Å². The molecule has 2 atom stereocenters. The third-order valence-corrected chi connectivity index (χ3v) is 5.12. The van der Waals surface area contributed by atoms with Gasteiger partial charge >= 0.3 is 0 Å². The summed E-state index contributed by atoms with van der Waals surface area (Å²) in [5.74, 6) is 0.0129. The van der Waals surface area contributed by atoms with Gasteiger partial charge < -0.3 is 9.64 Å². The average Bonchev–Trinajstić information content (AvgIpc) is 2.48. The zero-order valence-corrected chi connectivity index (χ0v) is 15.4. The van der Waals surface area contributed by atoms with E-state index < -0.39 is 0 Å². The highest BCUT2D eigenvalue weighted by molar-refractivity contribution is 9.10. The van der Waals surface area contributed by atoms with E-state index in [1.54, 1.807) is 12.4 Å². The molecule has 1 heterocycles. The average molecular weight is 369 g/mol. The molecule has 1 aromatic rings. The van der Waals surface area contributed by atoms with E-state index in [4.69, 9.17) is 4.74 Å². The monoisotopic (exact) mass is 368 g/mol. The van der Waals surface area contributed by atoms with Gasteiger partial charge in [-0.05, 0) is 34.8 Å². The van der Waals surface area contributed by atoms with E-state index in [0.29, 0.717) is 5.56 Å². The molecule has 1 fully saturated rings. The van der Waals surface area contributed by atoms with Crippen molar-refractivity contribution in [3.8, 4) is 0 Å². The molecule has 1 amide bonds. The number of nitrogens with zero attached hydrogens (tertiary/aromatic N) is 2. The van der Waals surface area contributed by atoms with Gasteiger partial charge in [-0.3, -0.25) is 9.78 Å². The fourth-order valence-corrected chi connectivity index (χ4v) is 3.41. The van der Waals surface area contributed by atoms with Crippen LogP contribution in [0.1, 0.15) is 50.4 Å². The van der Waals surface area contributed by atoms with Crippen molar-refractivity contribution >= 4 is 21.8 Å². The second-order valence-electron chi connectivity index (χ2n) is 6.59. The molecule has 4 nitrogen and oxygen atoms in total. The molecular weight excluding hydrogens is 344 g/mol. The quantitative estimate of drug-likeness (QED) is 0.715. The van der Waals surface area contributed by atoms with Crippen LogP contribution >= 0.6 is 15.9 Å². The van der Waals surface area contributed by atoms with Crippen LogP contribution in [-0.2, 0) is 4.74 Å². The summed E-state index contributed by atoms with van der Waals surface area (Å²) >= 11 is 3.36. The minimum atomic E-state index is -0.0163. The molecule has 0 unspecified atom stereocenters. The first-order chi connectivity index (χ1) is 10.4. The lowest BCUT2D eigenvalue weighted by atomic mass is 9.63. The summed E-state index contributed by atoms with van der Waals surface area (Å²) in [6.07, 6.45) is 6.67. The number of ether oxygens (including phenoxy) is 1. The number of rotatable bonds is 6.